The van der Waals surface area contributed by atoms with E-state index in [0.29, 0.717) is 22.5 Å². The highest BCUT2D eigenvalue weighted by atomic mass is 16.5. The number of nitrogens with two attached hydrogens (primary N) is 2. The van der Waals surface area contributed by atoms with Gasteiger partial charge in [-0.15, -0.1) is 0 Å². The Morgan fingerprint density at radius 2 is 1.96 bits per heavy atom. The van der Waals surface area contributed by atoms with Crippen LogP contribution in [0.15, 0.2) is 34.9 Å². The first-order valence-corrected chi connectivity index (χ1v) is 8.00. The fourth-order valence-electron chi connectivity index (χ4n) is 2.97. The summed E-state index contributed by atoms with van der Waals surface area (Å²) in [4.78, 5) is 19.6. The highest BCUT2D eigenvalue weighted by Gasteiger charge is 2.18. The molecule has 4 N–H and O–H groups in total. The molecule has 3 aromatic rings. The summed E-state index contributed by atoms with van der Waals surface area (Å²) < 4.78 is 10.2. The van der Waals surface area contributed by atoms with Gasteiger partial charge in [-0.1, -0.05) is 19.1 Å². The number of esters is 1. The van der Waals surface area contributed by atoms with Crippen molar-refractivity contribution in [2.24, 2.45) is 0 Å². The second-order valence-electron chi connectivity index (χ2n) is 5.83. The van der Waals surface area contributed by atoms with Crippen molar-refractivity contribution in [1.29, 1.82) is 0 Å². The molecule has 0 amide bonds. The minimum Gasteiger partial charge on any atom is -0.465 e. The maximum absolute atomic E-state index is 11.6. The summed E-state index contributed by atoms with van der Waals surface area (Å²) in [5, 5.41) is 0.707. The molecule has 0 saturated heterocycles. The lowest BCUT2D eigenvalue weighted by Gasteiger charge is -2.15. The summed E-state index contributed by atoms with van der Waals surface area (Å²) in [7, 11) is 1.37. The van der Waals surface area contributed by atoms with E-state index in [2.05, 4.69) is 16.9 Å². The van der Waals surface area contributed by atoms with E-state index in [9.17, 15) is 4.79 Å². The van der Waals surface area contributed by atoms with Crippen LogP contribution in [0.3, 0.4) is 0 Å². The Balaban J connectivity index is 1.89. The summed E-state index contributed by atoms with van der Waals surface area (Å²) in [6.45, 7) is 2.11. The lowest BCUT2D eigenvalue weighted by molar-refractivity contribution is 0.0600. The second-order valence-corrected chi connectivity index (χ2v) is 5.83. The van der Waals surface area contributed by atoms with E-state index in [0.717, 1.165) is 24.0 Å². The molecule has 1 unspecified atom stereocenters. The summed E-state index contributed by atoms with van der Waals surface area (Å²) >= 11 is 0. The van der Waals surface area contributed by atoms with Crippen LogP contribution in [0.2, 0.25) is 0 Å². The van der Waals surface area contributed by atoms with E-state index in [4.69, 9.17) is 20.6 Å². The smallest absolute Gasteiger partial charge is 0.337 e. The predicted molar refractivity (Wildman–Crippen MR) is 95.1 cm³/mol. The van der Waals surface area contributed by atoms with Crippen molar-refractivity contribution in [3.05, 3.63) is 47.2 Å². The van der Waals surface area contributed by atoms with Gasteiger partial charge in [0.05, 0.1) is 24.3 Å². The van der Waals surface area contributed by atoms with Gasteiger partial charge in [-0.25, -0.2) is 4.79 Å². The van der Waals surface area contributed by atoms with Crippen molar-refractivity contribution >= 4 is 28.8 Å². The van der Waals surface area contributed by atoms with Gasteiger partial charge in [-0.2, -0.15) is 9.97 Å². The zero-order valence-corrected chi connectivity index (χ0v) is 14.2. The molecule has 7 nitrogen and oxygen atoms in total. The van der Waals surface area contributed by atoms with Crippen LogP contribution in [0, 0.1) is 0 Å². The van der Waals surface area contributed by atoms with Crippen LogP contribution in [0.1, 0.15) is 40.7 Å². The third kappa shape index (κ3) is 3.26. The Bertz CT molecular complexity index is 903. The maximum Gasteiger partial charge on any atom is 0.337 e. The SMILES string of the molecule is CCC(Cc1coc2nc(N)nc(N)c12)c1ccc(C(=O)OC)cc1. The highest BCUT2D eigenvalue weighted by molar-refractivity contribution is 5.89. The second kappa shape index (κ2) is 6.80. The van der Waals surface area contributed by atoms with Gasteiger partial charge in [0.1, 0.15) is 5.82 Å². The van der Waals surface area contributed by atoms with E-state index in [1.165, 1.54) is 7.11 Å². The van der Waals surface area contributed by atoms with E-state index < -0.39 is 0 Å². The molecule has 0 aliphatic rings. The molecular formula is C18H20N4O3. The summed E-state index contributed by atoms with van der Waals surface area (Å²) in [5.74, 6) is 0.311. The molecular weight excluding hydrogens is 320 g/mol. The number of methoxy groups -OCH3 is 1. The molecule has 1 aromatic carbocycles. The monoisotopic (exact) mass is 340 g/mol. The predicted octanol–water partition coefficient (Wildman–Crippen LogP) is 2.91. The average molecular weight is 340 g/mol. The van der Waals surface area contributed by atoms with Crippen LogP contribution in [0.5, 0.6) is 0 Å². The van der Waals surface area contributed by atoms with E-state index in [1.54, 1.807) is 18.4 Å². The van der Waals surface area contributed by atoms with Gasteiger partial charge in [0.25, 0.3) is 0 Å². The zero-order chi connectivity index (χ0) is 18.0. The third-order valence-corrected chi connectivity index (χ3v) is 4.32. The van der Waals surface area contributed by atoms with Crippen LogP contribution in [-0.2, 0) is 11.2 Å². The minimum absolute atomic E-state index is 0.0938. The zero-order valence-electron chi connectivity index (χ0n) is 14.2. The molecule has 7 heteroatoms. The Morgan fingerprint density at radius 3 is 2.60 bits per heavy atom. The number of benzene rings is 1. The van der Waals surface area contributed by atoms with Crippen LogP contribution in [0.25, 0.3) is 11.1 Å². The number of ether oxygens (including phenoxy) is 1. The average Bonchev–Trinajstić information content (AvgIpc) is 3.02. The number of nitrogen functional groups attached to an aromatic ring is 2. The molecule has 1 atom stereocenters. The number of carbonyl (C=O) groups is 1. The molecule has 0 aliphatic heterocycles. The molecule has 0 bridgehead atoms. The van der Waals surface area contributed by atoms with Crippen molar-refractivity contribution in [3.63, 3.8) is 0 Å². The minimum atomic E-state index is -0.345. The molecule has 0 aliphatic carbocycles. The van der Waals surface area contributed by atoms with Crippen LogP contribution in [0.4, 0.5) is 11.8 Å². The summed E-state index contributed by atoms with van der Waals surface area (Å²) in [6.07, 6.45) is 3.29. The lowest BCUT2D eigenvalue weighted by Crippen LogP contribution is -2.05. The number of hydrogen-bond acceptors (Lipinski definition) is 7. The van der Waals surface area contributed by atoms with Gasteiger partial charge in [0.15, 0.2) is 0 Å². The van der Waals surface area contributed by atoms with Gasteiger partial charge in [-0.3, -0.25) is 0 Å². The Hall–Kier alpha value is -3.09. The molecule has 130 valence electrons. The third-order valence-electron chi connectivity index (χ3n) is 4.32. The number of furan rings is 1. The fourth-order valence-corrected chi connectivity index (χ4v) is 2.97. The van der Waals surface area contributed by atoms with Crippen LogP contribution in [-0.4, -0.2) is 23.0 Å². The Morgan fingerprint density at radius 1 is 1.24 bits per heavy atom. The lowest BCUT2D eigenvalue weighted by atomic mass is 9.89. The number of carbonyl (C=O) groups excluding carboxylic acids is 1. The standard InChI is InChI=1S/C18H20N4O3/c1-3-10(11-4-6-12(7-5-11)17(23)24-2)8-13-9-25-16-14(13)15(19)21-18(20)22-16/h4-7,9-10H,3,8H2,1-2H3,(H4,19,20,21,22). The topological polar surface area (TPSA) is 117 Å². The molecule has 3 rings (SSSR count). The molecule has 0 radical (unpaired) electrons. The fraction of sp³-hybridized carbons (Fsp3) is 0.278. The number of nitrogens with zero attached hydrogens (tertiary/aromatic N) is 2. The number of rotatable bonds is 5. The molecule has 0 fully saturated rings. The van der Waals surface area contributed by atoms with Crippen molar-refractivity contribution in [2.45, 2.75) is 25.7 Å². The van der Waals surface area contributed by atoms with E-state index in [-0.39, 0.29) is 17.8 Å². The van der Waals surface area contributed by atoms with Crippen molar-refractivity contribution < 1.29 is 13.9 Å². The Kier molecular flexibility index (Phi) is 4.56. The van der Waals surface area contributed by atoms with Gasteiger partial charge in [0, 0.05) is 5.56 Å². The van der Waals surface area contributed by atoms with Crippen molar-refractivity contribution in [1.82, 2.24) is 9.97 Å². The van der Waals surface area contributed by atoms with Gasteiger partial charge >= 0.3 is 5.97 Å². The van der Waals surface area contributed by atoms with Crippen LogP contribution >= 0.6 is 0 Å². The van der Waals surface area contributed by atoms with E-state index >= 15 is 0 Å². The first-order valence-electron chi connectivity index (χ1n) is 8.00. The van der Waals surface area contributed by atoms with Gasteiger partial charge < -0.3 is 20.6 Å². The summed E-state index contributed by atoms with van der Waals surface area (Å²) in [6, 6.07) is 7.44. The summed E-state index contributed by atoms with van der Waals surface area (Å²) in [5.41, 5.74) is 14.6. The van der Waals surface area contributed by atoms with Crippen LogP contribution < -0.4 is 11.5 Å². The number of hydrogen-bond donors (Lipinski definition) is 2. The quantitative estimate of drug-likeness (QED) is 0.686. The van der Waals surface area contributed by atoms with Crippen molar-refractivity contribution in [3.8, 4) is 0 Å². The molecule has 0 saturated carbocycles. The maximum atomic E-state index is 11.6. The largest absolute Gasteiger partial charge is 0.465 e. The molecule has 25 heavy (non-hydrogen) atoms. The number of fused-ring (bicyclic) bond motifs is 1. The molecule has 2 heterocycles. The normalized spacial score (nSPS) is 12.2. The number of anilines is 2. The van der Waals surface area contributed by atoms with E-state index in [1.807, 2.05) is 12.1 Å². The molecule has 0 spiro atoms. The first kappa shape index (κ1) is 16.8. The molecule has 2 aromatic heterocycles. The number of aromatic nitrogens is 2. The first-order chi connectivity index (χ1) is 12.0. The highest BCUT2D eigenvalue weighted by Crippen LogP contribution is 2.31. The Labute approximate surface area is 145 Å². The van der Waals surface area contributed by atoms with Gasteiger partial charge in [0.2, 0.25) is 11.7 Å². The van der Waals surface area contributed by atoms with Crippen molar-refractivity contribution in [2.75, 3.05) is 18.6 Å². The van der Waals surface area contributed by atoms with Gasteiger partial charge in [-0.05, 0) is 36.5 Å².